The van der Waals surface area contributed by atoms with Gasteiger partial charge in [-0.25, -0.2) is 17.1 Å². The average molecular weight is 317 g/mol. The van der Waals surface area contributed by atoms with Crippen LogP contribution >= 0.6 is 0 Å². The van der Waals surface area contributed by atoms with Gasteiger partial charge < -0.3 is 9.84 Å². The largest absolute Gasteiger partial charge is 0.392 e. The van der Waals surface area contributed by atoms with Gasteiger partial charge in [-0.3, -0.25) is 0 Å². The van der Waals surface area contributed by atoms with Crippen molar-refractivity contribution in [2.24, 2.45) is 5.92 Å². The van der Waals surface area contributed by atoms with Crippen molar-refractivity contribution in [1.29, 1.82) is 0 Å². The van der Waals surface area contributed by atoms with Crippen LogP contribution in [0.3, 0.4) is 0 Å². The van der Waals surface area contributed by atoms with Gasteiger partial charge in [-0.05, 0) is 37.0 Å². The fourth-order valence-electron chi connectivity index (χ4n) is 2.43. The SMILES string of the molecule is CN(CC1CCCOC1)S(=O)(=O)c1ccc(F)c(CO)c1. The zero-order chi connectivity index (χ0) is 15.5. The van der Waals surface area contributed by atoms with Crippen LogP contribution in [0.25, 0.3) is 0 Å². The van der Waals surface area contributed by atoms with Crippen molar-refractivity contribution in [1.82, 2.24) is 4.31 Å². The second kappa shape index (κ2) is 6.83. The topological polar surface area (TPSA) is 66.8 Å². The van der Waals surface area contributed by atoms with Crippen LogP contribution in [0.15, 0.2) is 23.1 Å². The minimum Gasteiger partial charge on any atom is -0.392 e. The van der Waals surface area contributed by atoms with Gasteiger partial charge in [0.25, 0.3) is 0 Å². The molecule has 1 aromatic carbocycles. The highest BCUT2D eigenvalue weighted by atomic mass is 32.2. The van der Waals surface area contributed by atoms with Crippen molar-refractivity contribution in [3.63, 3.8) is 0 Å². The number of halogens is 1. The second-order valence-electron chi connectivity index (χ2n) is 5.28. The molecule has 0 aromatic heterocycles. The lowest BCUT2D eigenvalue weighted by Crippen LogP contribution is -2.35. The fraction of sp³-hybridized carbons (Fsp3) is 0.571. The van der Waals surface area contributed by atoms with Crippen molar-refractivity contribution in [3.05, 3.63) is 29.6 Å². The van der Waals surface area contributed by atoms with Crippen LogP contribution in [0.4, 0.5) is 4.39 Å². The van der Waals surface area contributed by atoms with E-state index in [2.05, 4.69) is 0 Å². The first kappa shape index (κ1) is 16.4. The van der Waals surface area contributed by atoms with Gasteiger partial charge in [0.05, 0.1) is 18.1 Å². The number of aliphatic hydroxyl groups excluding tert-OH is 1. The quantitative estimate of drug-likeness (QED) is 0.890. The number of aliphatic hydroxyl groups is 1. The van der Waals surface area contributed by atoms with Crippen molar-refractivity contribution in [3.8, 4) is 0 Å². The molecule has 1 fully saturated rings. The van der Waals surface area contributed by atoms with E-state index >= 15 is 0 Å². The van der Waals surface area contributed by atoms with Crippen molar-refractivity contribution in [2.45, 2.75) is 24.3 Å². The molecule has 1 saturated heterocycles. The summed E-state index contributed by atoms with van der Waals surface area (Å²) in [6.07, 6.45) is 1.87. The number of hydrogen-bond acceptors (Lipinski definition) is 4. The summed E-state index contributed by atoms with van der Waals surface area (Å²) in [6.45, 7) is 1.12. The maximum absolute atomic E-state index is 13.3. The van der Waals surface area contributed by atoms with Crippen LogP contribution in [-0.4, -0.2) is 44.6 Å². The predicted molar refractivity (Wildman–Crippen MR) is 75.7 cm³/mol. The fourth-order valence-corrected chi connectivity index (χ4v) is 3.72. The molecule has 0 bridgehead atoms. The Morgan fingerprint density at radius 2 is 2.24 bits per heavy atom. The smallest absolute Gasteiger partial charge is 0.242 e. The Kier molecular flexibility index (Phi) is 5.32. The molecule has 1 N–H and O–H groups in total. The van der Waals surface area contributed by atoms with E-state index < -0.39 is 22.4 Å². The van der Waals surface area contributed by atoms with Crippen LogP contribution < -0.4 is 0 Å². The standard InChI is InChI=1S/C14H20FNO4S/c1-16(8-11-3-2-6-20-10-11)21(18,19)13-4-5-14(15)12(7-13)9-17/h4-5,7,11,17H,2-3,6,8-10H2,1H3. The Bertz CT molecular complexity index is 585. The van der Waals surface area contributed by atoms with E-state index in [1.165, 1.54) is 23.5 Å². The second-order valence-corrected chi connectivity index (χ2v) is 7.32. The molecule has 1 aliphatic heterocycles. The Morgan fingerprint density at radius 1 is 1.48 bits per heavy atom. The maximum Gasteiger partial charge on any atom is 0.242 e. The third kappa shape index (κ3) is 3.79. The molecule has 0 saturated carbocycles. The van der Waals surface area contributed by atoms with E-state index in [0.717, 1.165) is 25.5 Å². The highest BCUT2D eigenvalue weighted by Gasteiger charge is 2.25. The van der Waals surface area contributed by atoms with E-state index in [0.29, 0.717) is 13.2 Å². The molecule has 0 amide bonds. The van der Waals surface area contributed by atoms with Crippen LogP contribution in [0.1, 0.15) is 18.4 Å². The van der Waals surface area contributed by atoms with E-state index in [1.54, 1.807) is 0 Å². The van der Waals surface area contributed by atoms with Crippen LogP contribution in [0.2, 0.25) is 0 Å². The summed E-state index contributed by atoms with van der Waals surface area (Å²) < 4.78 is 44.9. The average Bonchev–Trinajstić information content (AvgIpc) is 2.48. The molecule has 5 nitrogen and oxygen atoms in total. The third-order valence-corrected chi connectivity index (χ3v) is 5.48. The first-order valence-corrected chi connectivity index (χ1v) is 8.32. The van der Waals surface area contributed by atoms with Crippen LogP contribution in [-0.2, 0) is 21.4 Å². The number of hydrogen-bond donors (Lipinski definition) is 1. The Hall–Kier alpha value is -1.02. The number of nitrogens with zero attached hydrogens (tertiary/aromatic N) is 1. The van der Waals surface area contributed by atoms with E-state index in [1.807, 2.05) is 0 Å². The van der Waals surface area contributed by atoms with Crippen LogP contribution in [0.5, 0.6) is 0 Å². The molecule has 1 heterocycles. The Morgan fingerprint density at radius 3 is 2.86 bits per heavy atom. The van der Waals surface area contributed by atoms with Crippen LogP contribution in [0, 0.1) is 11.7 Å². The van der Waals surface area contributed by atoms with Crippen molar-refractivity contribution in [2.75, 3.05) is 26.8 Å². The molecule has 1 aromatic rings. The molecule has 1 unspecified atom stereocenters. The molecule has 0 radical (unpaired) electrons. The number of benzene rings is 1. The highest BCUT2D eigenvalue weighted by molar-refractivity contribution is 7.89. The zero-order valence-corrected chi connectivity index (χ0v) is 12.8. The van der Waals surface area contributed by atoms with E-state index in [9.17, 15) is 12.8 Å². The maximum atomic E-state index is 13.3. The number of rotatable bonds is 5. The molecule has 21 heavy (non-hydrogen) atoms. The molecule has 1 atom stereocenters. The Labute approximate surface area is 124 Å². The zero-order valence-electron chi connectivity index (χ0n) is 12.0. The molecular weight excluding hydrogens is 297 g/mol. The molecule has 0 spiro atoms. The van der Waals surface area contributed by atoms with Crippen molar-refractivity contribution < 1.29 is 22.7 Å². The van der Waals surface area contributed by atoms with Gasteiger partial charge in [0.15, 0.2) is 0 Å². The van der Waals surface area contributed by atoms with Gasteiger partial charge in [0.1, 0.15) is 5.82 Å². The van der Waals surface area contributed by atoms with E-state index in [-0.39, 0.29) is 16.4 Å². The van der Waals surface area contributed by atoms with Crippen molar-refractivity contribution >= 4 is 10.0 Å². The summed E-state index contributed by atoms with van der Waals surface area (Å²) in [5, 5.41) is 9.04. The van der Waals surface area contributed by atoms with Gasteiger partial charge in [0, 0.05) is 25.8 Å². The van der Waals surface area contributed by atoms with Gasteiger partial charge >= 0.3 is 0 Å². The molecule has 1 aliphatic rings. The molecule has 2 rings (SSSR count). The monoisotopic (exact) mass is 317 g/mol. The molecule has 118 valence electrons. The van der Waals surface area contributed by atoms with Gasteiger partial charge in [0.2, 0.25) is 10.0 Å². The lowest BCUT2D eigenvalue weighted by molar-refractivity contribution is 0.0495. The summed E-state index contributed by atoms with van der Waals surface area (Å²) in [6, 6.07) is 3.46. The lowest BCUT2D eigenvalue weighted by Gasteiger charge is -2.26. The number of ether oxygens (including phenoxy) is 1. The minimum absolute atomic E-state index is 0.00724. The third-order valence-electron chi connectivity index (χ3n) is 3.67. The summed E-state index contributed by atoms with van der Waals surface area (Å²) in [5.41, 5.74) is -0.0227. The molecule has 7 heteroatoms. The first-order chi connectivity index (χ1) is 9.95. The minimum atomic E-state index is -3.69. The molecule has 0 aliphatic carbocycles. The Balaban J connectivity index is 2.16. The normalized spacial score (nSPS) is 19.9. The van der Waals surface area contributed by atoms with E-state index in [4.69, 9.17) is 9.84 Å². The summed E-state index contributed by atoms with van der Waals surface area (Å²) in [7, 11) is -2.18. The van der Waals surface area contributed by atoms with Gasteiger partial charge in [-0.1, -0.05) is 0 Å². The summed E-state index contributed by atoms with van der Waals surface area (Å²) >= 11 is 0. The number of sulfonamides is 1. The highest BCUT2D eigenvalue weighted by Crippen LogP contribution is 2.21. The molecular formula is C14H20FNO4S. The summed E-state index contributed by atoms with van der Waals surface area (Å²) in [5.74, 6) is -0.434. The van der Waals surface area contributed by atoms with Gasteiger partial charge in [-0.15, -0.1) is 0 Å². The summed E-state index contributed by atoms with van der Waals surface area (Å²) in [4.78, 5) is -0.00724. The van der Waals surface area contributed by atoms with Gasteiger partial charge in [-0.2, -0.15) is 0 Å². The first-order valence-electron chi connectivity index (χ1n) is 6.88. The predicted octanol–water partition coefficient (Wildman–Crippen LogP) is 1.37. The lowest BCUT2D eigenvalue weighted by atomic mass is 10.0.